The summed E-state index contributed by atoms with van der Waals surface area (Å²) in [5.41, 5.74) is 1.04. The van der Waals surface area contributed by atoms with Gasteiger partial charge < -0.3 is 4.74 Å². The van der Waals surface area contributed by atoms with E-state index in [1.165, 1.54) is 23.1 Å². The third kappa shape index (κ3) is 3.64. The van der Waals surface area contributed by atoms with Crippen molar-refractivity contribution in [3.63, 3.8) is 0 Å². The summed E-state index contributed by atoms with van der Waals surface area (Å²) < 4.78 is 5.18. The number of thiophene rings is 1. The van der Waals surface area contributed by atoms with Gasteiger partial charge in [0.05, 0.1) is 30.1 Å². The Hall–Kier alpha value is -2.09. The van der Waals surface area contributed by atoms with Crippen molar-refractivity contribution in [2.24, 2.45) is 10.9 Å². The minimum absolute atomic E-state index is 0.207. The van der Waals surface area contributed by atoms with Gasteiger partial charge in [-0.05, 0) is 25.3 Å². The molecule has 0 amide bonds. The zero-order chi connectivity index (χ0) is 16.8. The third-order valence-corrected chi connectivity index (χ3v) is 5.20. The zero-order valence-electron chi connectivity index (χ0n) is 12.8. The van der Waals surface area contributed by atoms with Crippen LogP contribution in [0, 0.1) is 28.6 Å². The van der Waals surface area contributed by atoms with Crippen LogP contribution in [-0.2, 0) is 9.53 Å². The topological polar surface area (TPSA) is 86.2 Å². The molecule has 5 nitrogen and oxygen atoms in total. The van der Waals surface area contributed by atoms with Crippen LogP contribution in [-0.4, -0.2) is 24.0 Å². The number of thioether (sulfide) groups is 1. The van der Waals surface area contributed by atoms with Crippen molar-refractivity contribution in [3.8, 4) is 12.1 Å². The first-order valence-corrected chi connectivity index (χ1v) is 8.89. The van der Waals surface area contributed by atoms with E-state index in [9.17, 15) is 10.1 Å². The number of ether oxygens (including phenoxy) is 1. The normalized spacial score (nSPS) is 20.4. The summed E-state index contributed by atoms with van der Waals surface area (Å²) in [5, 5.41) is 20.8. The maximum atomic E-state index is 12.4. The van der Waals surface area contributed by atoms with Crippen LogP contribution in [0.25, 0.3) is 0 Å². The highest BCUT2D eigenvalue weighted by atomic mass is 32.2. The Morgan fingerprint density at radius 1 is 1.52 bits per heavy atom. The molecule has 0 radical (unpaired) electrons. The van der Waals surface area contributed by atoms with E-state index in [1.54, 1.807) is 13.8 Å². The van der Waals surface area contributed by atoms with E-state index >= 15 is 0 Å². The van der Waals surface area contributed by atoms with Gasteiger partial charge in [0.25, 0.3) is 0 Å². The predicted molar refractivity (Wildman–Crippen MR) is 91.0 cm³/mol. The van der Waals surface area contributed by atoms with Crippen LogP contribution < -0.4 is 0 Å². The van der Waals surface area contributed by atoms with Gasteiger partial charge in [-0.15, -0.1) is 11.3 Å². The molecule has 1 aromatic heterocycles. The van der Waals surface area contributed by atoms with Crippen molar-refractivity contribution < 1.29 is 9.53 Å². The summed E-state index contributed by atoms with van der Waals surface area (Å²) in [4.78, 5) is 17.7. The van der Waals surface area contributed by atoms with E-state index in [2.05, 4.69) is 11.1 Å². The number of aliphatic imine (C=N–C) groups is 1. The molecule has 1 aliphatic rings. The van der Waals surface area contributed by atoms with E-state index in [0.717, 1.165) is 4.88 Å². The first-order chi connectivity index (χ1) is 11.1. The number of carbonyl (C=O) groups excluding carboxylic acids is 1. The van der Waals surface area contributed by atoms with Crippen LogP contribution in [0.3, 0.4) is 0 Å². The Morgan fingerprint density at radius 2 is 2.30 bits per heavy atom. The average Bonchev–Trinajstić information content (AvgIpc) is 3.06. The largest absolute Gasteiger partial charge is 0.465 e. The van der Waals surface area contributed by atoms with Crippen molar-refractivity contribution in [1.82, 2.24) is 0 Å². The molecule has 0 N–H and O–H groups in total. The van der Waals surface area contributed by atoms with E-state index in [1.807, 2.05) is 23.6 Å². The van der Waals surface area contributed by atoms with Crippen LogP contribution in [0.4, 0.5) is 0 Å². The lowest BCUT2D eigenvalue weighted by Gasteiger charge is -2.29. The quantitative estimate of drug-likeness (QED) is 0.763. The molecular weight excluding hydrogens is 330 g/mol. The molecule has 1 unspecified atom stereocenters. The molecule has 0 saturated heterocycles. The Bertz CT molecular complexity index is 723. The summed E-state index contributed by atoms with van der Waals surface area (Å²) in [7, 11) is 0. The molecule has 2 atom stereocenters. The Balaban J connectivity index is 2.53. The second kappa shape index (κ2) is 7.96. The maximum absolute atomic E-state index is 12.4. The molecule has 0 saturated carbocycles. The van der Waals surface area contributed by atoms with Gasteiger partial charge in [0.1, 0.15) is 10.9 Å². The molecule has 2 rings (SSSR count). The van der Waals surface area contributed by atoms with Gasteiger partial charge in [-0.2, -0.15) is 10.5 Å². The molecule has 118 valence electrons. The van der Waals surface area contributed by atoms with Gasteiger partial charge in [0, 0.05) is 16.5 Å². The summed E-state index contributed by atoms with van der Waals surface area (Å²) in [5.74, 6) is -1.17. The smallest absolute Gasteiger partial charge is 0.315 e. The second-order valence-corrected chi connectivity index (χ2v) is 6.70. The minimum atomic E-state index is -0.602. The molecule has 0 aromatic carbocycles. The third-order valence-electron chi connectivity index (χ3n) is 3.39. The van der Waals surface area contributed by atoms with Crippen LogP contribution >= 0.6 is 23.1 Å². The van der Waals surface area contributed by atoms with Gasteiger partial charge in [-0.1, -0.05) is 17.8 Å². The number of hydrogen-bond donors (Lipinski definition) is 0. The van der Waals surface area contributed by atoms with Crippen molar-refractivity contribution in [2.75, 3.05) is 12.4 Å². The molecular formula is C16H15N3O2S2. The van der Waals surface area contributed by atoms with Gasteiger partial charge in [0.15, 0.2) is 0 Å². The van der Waals surface area contributed by atoms with Gasteiger partial charge in [-0.25, -0.2) is 4.99 Å². The Labute approximate surface area is 143 Å². The molecule has 0 bridgehead atoms. The molecule has 0 spiro atoms. The summed E-state index contributed by atoms with van der Waals surface area (Å²) >= 11 is 2.72. The molecule has 0 aliphatic carbocycles. The van der Waals surface area contributed by atoms with Crippen molar-refractivity contribution in [3.05, 3.63) is 33.0 Å². The van der Waals surface area contributed by atoms with Crippen molar-refractivity contribution >= 4 is 34.8 Å². The molecule has 2 heterocycles. The SMILES string of the molecule is CCOC(=O)C1C(C)=NC(SCC#N)=C(C#N)[C@H]1c1cccs1. The second-order valence-electron chi connectivity index (χ2n) is 4.75. The van der Waals surface area contributed by atoms with E-state index in [-0.39, 0.29) is 18.3 Å². The van der Waals surface area contributed by atoms with Gasteiger partial charge in [0.2, 0.25) is 0 Å². The van der Waals surface area contributed by atoms with Crippen LogP contribution in [0.2, 0.25) is 0 Å². The molecule has 1 aromatic rings. The standard InChI is InChI=1S/C16H15N3O2S2/c1-3-21-16(20)13-10(2)19-15(23-8-6-17)11(9-18)14(13)12-5-4-7-22-12/h4-5,7,13-14H,3,8H2,1-2H3/t13?,14-/m0/s1. The van der Waals surface area contributed by atoms with E-state index < -0.39 is 11.8 Å². The van der Waals surface area contributed by atoms with Crippen molar-refractivity contribution in [1.29, 1.82) is 10.5 Å². The molecule has 23 heavy (non-hydrogen) atoms. The van der Waals surface area contributed by atoms with E-state index in [0.29, 0.717) is 16.3 Å². The molecule has 0 fully saturated rings. The Kier molecular flexibility index (Phi) is 5.97. The number of esters is 1. The fraction of sp³-hybridized carbons (Fsp3) is 0.375. The number of rotatable bonds is 5. The lowest BCUT2D eigenvalue weighted by Crippen LogP contribution is -2.33. The lowest BCUT2D eigenvalue weighted by molar-refractivity contribution is -0.145. The molecule has 1 aliphatic heterocycles. The summed E-state index contributed by atoms with van der Waals surface area (Å²) in [6.45, 7) is 3.80. The highest BCUT2D eigenvalue weighted by molar-refractivity contribution is 8.03. The van der Waals surface area contributed by atoms with Gasteiger partial charge in [-0.3, -0.25) is 4.79 Å². The van der Waals surface area contributed by atoms with Crippen LogP contribution in [0.15, 0.2) is 33.1 Å². The number of hydrogen-bond acceptors (Lipinski definition) is 7. The first-order valence-electron chi connectivity index (χ1n) is 7.03. The summed E-state index contributed by atoms with van der Waals surface area (Å²) in [6, 6.07) is 8.03. The van der Waals surface area contributed by atoms with Crippen molar-refractivity contribution in [2.45, 2.75) is 19.8 Å². The van der Waals surface area contributed by atoms with Crippen LogP contribution in [0.5, 0.6) is 0 Å². The first kappa shape index (κ1) is 17.3. The predicted octanol–water partition coefficient (Wildman–Crippen LogP) is 3.48. The molecule has 7 heteroatoms. The number of carbonyl (C=O) groups is 1. The number of nitriles is 2. The average molecular weight is 345 g/mol. The number of nitrogens with zero attached hydrogens (tertiary/aromatic N) is 3. The highest BCUT2D eigenvalue weighted by Crippen LogP contribution is 2.43. The Morgan fingerprint density at radius 3 is 2.87 bits per heavy atom. The van der Waals surface area contributed by atoms with E-state index in [4.69, 9.17) is 10.00 Å². The fourth-order valence-corrected chi connectivity index (χ4v) is 4.08. The highest BCUT2D eigenvalue weighted by Gasteiger charge is 2.40. The van der Waals surface area contributed by atoms with Gasteiger partial charge >= 0.3 is 5.97 Å². The maximum Gasteiger partial charge on any atom is 0.315 e. The fourth-order valence-electron chi connectivity index (χ4n) is 2.47. The zero-order valence-corrected chi connectivity index (χ0v) is 14.4. The van der Waals surface area contributed by atoms with Crippen LogP contribution in [0.1, 0.15) is 24.6 Å². The monoisotopic (exact) mass is 345 g/mol. The number of allylic oxidation sites excluding steroid dienone is 1. The minimum Gasteiger partial charge on any atom is -0.465 e. The lowest BCUT2D eigenvalue weighted by atomic mass is 9.81. The summed E-state index contributed by atoms with van der Waals surface area (Å²) in [6.07, 6.45) is 0.